The topological polar surface area (TPSA) is 77.5 Å². The molecule has 1 amide bonds. The molecule has 2 aliphatic heterocycles. The Bertz CT molecular complexity index is 1290. The lowest BCUT2D eigenvalue weighted by Crippen LogP contribution is -2.50. The lowest BCUT2D eigenvalue weighted by atomic mass is 9.90. The van der Waals surface area contributed by atoms with Crippen LogP contribution in [0.25, 0.3) is 6.08 Å². The summed E-state index contributed by atoms with van der Waals surface area (Å²) in [6, 6.07) is 1.16. The Morgan fingerprint density at radius 3 is 2.02 bits per heavy atom. The van der Waals surface area contributed by atoms with Crippen LogP contribution >= 0.6 is 0 Å². The Morgan fingerprint density at radius 2 is 1.42 bits per heavy atom. The van der Waals surface area contributed by atoms with E-state index < -0.39 is 19.1 Å². The number of hydrogen-bond donors (Lipinski definition) is 3. The molecule has 3 N–H and O–H groups in total. The van der Waals surface area contributed by atoms with Gasteiger partial charge in [0.15, 0.2) is 5.70 Å². The zero-order valence-electron chi connectivity index (χ0n) is 31.6. The second-order valence-corrected chi connectivity index (χ2v) is 14.9. The highest BCUT2D eigenvalue weighted by Gasteiger charge is 2.52. The van der Waals surface area contributed by atoms with Crippen LogP contribution in [0.4, 0.5) is 8.63 Å². The Morgan fingerprint density at radius 1 is 0.860 bits per heavy atom. The Kier molecular flexibility index (Phi) is 19.4. The molecule has 0 aliphatic carbocycles. The zero-order chi connectivity index (χ0) is 36.2. The van der Waals surface area contributed by atoms with Crippen molar-refractivity contribution in [2.75, 3.05) is 6.61 Å². The van der Waals surface area contributed by atoms with E-state index in [0.717, 1.165) is 76.2 Å². The van der Waals surface area contributed by atoms with E-state index in [9.17, 15) is 15.0 Å². The van der Waals surface area contributed by atoms with Gasteiger partial charge in [0.1, 0.15) is 5.71 Å². The van der Waals surface area contributed by atoms with E-state index in [1.165, 1.54) is 73.2 Å². The highest BCUT2D eigenvalue weighted by molar-refractivity contribution is 6.58. The number of aromatic nitrogens is 1. The van der Waals surface area contributed by atoms with Crippen LogP contribution in [0.3, 0.4) is 0 Å². The molecule has 1 aromatic heterocycles. The first-order valence-electron chi connectivity index (χ1n) is 20.2. The number of aryl methyl sites for hydroxylation is 2. The van der Waals surface area contributed by atoms with E-state index in [1.807, 2.05) is 37.3 Å². The van der Waals surface area contributed by atoms with Crippen molar-refractivity contribution in [1.29, 1.82) is 0 Å². The number of carbonyl (C=O) groups is 1. The molecule has 282 valence electrons. The minimum Gasteiger partial charge on any atom is -0.394 e. The molecule has 0 unspecified atom stereocenters. The zero-order valence-corrected chi connectivity index (χ0v) is 31.6. The highest BCUT2D eigenvalue weighted by Crippen LogP contribution is 2.34. The van der Waals surface area contributed by atoms with Gasteiger partial charge in [-0.25, -0.2) is 0 Å². The van der Waals surface area contributed by atoms with Crippen molar-refractivity contribution in [2.24, 2.45) is 0 Å². The Labute approximate surface area is 302 Å². The summed E-state index contributed by atoms with van der Waals surface area (Å²) in [6.07, 6.45) is 34.0. The minimum atomic E-state index is -3.88. The van der Waals surface area contributed by atoms with Crippen LogP contribution in [0.1, 0.15) is 172 Å². The normalized spacial score (nSPS) is 16.2. The summed E-state index contributed by atoms with van der Waals surface area (Å²) in [5.74, 6) is -0.106. The molecule has 50 heavy (non-hydrogen) atoms. The van der Waals surface area contributed by atoms with Gasteiger partial charge in [0.2, 0.25) is 5.91 Å². The van der Waals surface area contributed by atoms with Gasteiger partial charge in [0, 0.05) is 36.8 Å². The fourth-order valence-electron chi connectivity index (χ4n) is 7.54. The van der Waals surface area contributed by atoms with Crippen LogP contribution in [0.2, 0.25) is 0 Å². The lowest BCUT2D eigenvalue weighted by molar-refractivity contribution is -0.362. The number of amides is 1. The number of nitrogens with zero attached hydrogens (tertiary/aromatic N) is 2. The molecule has 0 saturated carbocycles. The van der Waals surface area contributed by atoms with E-state index in [4.69, 9.17) is 0 Å². The van der Waals surface area contributed by atoms with Crippen molar-refractivity contribution >= 4 is 24.7 Å². The number of halogens is 2. The summed E-state index contributed by atoms with van der Waals surface area (Å²) < 4.78 is 33.6. The molecule has 2 aliphatic rings. The van der Waals surface area contributed by atoms with Crippen molar-refractivity contribution in [3.8, 4) is 0 Å². The van der Waals surface area contributed by atoms with Gasteiger partial charge in [0.25, 0.3) is 0 Å². The standard InChI is InChI=1S/C41H68BF2N3O3/c1-4-5-6-7-8-9-10-11-12-16-19-22-25-28-41(50)45-38(33-48)40(49)27-24-21-18-15-13-14-17-20-23-26-36-29-30-37-32-39-34(2)31-35(3)46(39)42(43,44)47(36)37/h24,27,29-32,38,40,48-49H,4-23,25-26,28,33H2,1-3H3,(H,45,50)/b27-24+/t38-,40+/m0/s1. The van der Waals surface area contributed by atoms with Gasteiger partial charge in [-0.05, 0) is 56.9 Å². The number of fused-ring (bicyclic) bond motifs is 2. The maximum Gasteiger partial charge on any atom is 0.737 e. The average molecular weight is 700 g/mol. The van der Waals surface area contributed by atoms with Gasteiger partial charge in [-0.3, -0.25) is 4.79 Å². The van der Waals surface area contributed by atoms with Crippen LogP contribution in [-0.2, 0) is 4.79 Å². The number of aliphatic hydroxyl groups is 2. The molecular formula is C41H68BF2N3O3. The number of rotatable bonds is 28. The molecule has 0 bridgehead atoms. The number of hydrogen-bond acceptors (Lipinski definition) is 3. The van der Waals surface area contributed by atoms with Gasteiger partial charge in [-0.1, -0.05) is 128 Å². The van der Waals surface area contributed by atoms with Crippen LogP contribution in [0.15, 0.2) is 36.1 Å². The third kappa shape index (κ3) is 13.6. The van der Waals surface area contributed by atoms with Gasteiger partial charge in [-0.2, -0.15) is 0 Å². The predicted molar refractivity (Wildman–Crippen MR) is 206 cm³/mol. The predicted octanol–water partition coefficient (Wildman–Crippen LogP) is 10.1. The molecule has 6 nitrogen and oxygen atoms in total. The second kappa shape index (κ2) is 23.1. The molecule has 3 heterocycles. The Balaban J connectivity index is 1.17. The molecule has 2 atom stereocenters. The molecule has 0 spiro atoms. The molecule has 0 fully saturated rings. The van der Waals surface area contributed by atoms with E-state index in [2.05, 4.69) is 12.2 Å². The molecule has 9 heteroatoms. The van der Waals surface area contributed by atoms with Gasteiger partial charge in [0.05, 0.1) is 18.8 Å². The fourth-order valence-corrected chi connectivity index (χ4v) is 7.54. The van der Waals surface area contributed by atoms with Crippen LogP contribution in [0.5, 0.6) is 0 Å². The van der Waals surface area contributed by atoms with E-state index >= 15 is 8.63 Å². The summed E-state index contributed by atoms with van der Waals surface area (Å²) in [5, 5.41) is 23.0. The number of nitrogens with one attached hydrogen (secondary N) is 1. The first-order chi connectivity index (χ1) is 24.2. The third-order valence-electron chi connectivity index (χ3n) is 10.5. The molecule has 0 saturated heterocycles. The van der Waals surface area contributed by atoms with Crippen molar-refractivity contribution in [1.82, 2.24) is 9.79 Å². The van der Waals surface area contributed by atoms with Crippen LogP contribution < -0.4 is 5.32 Å². The maximum atomic E-state index is 15.6. The molecule has 0 radical (unpaired) electrons. The van der Waals surface area contributed by atoms with Crippen molar-refractivity contribution in [3.05, 3.63) is 53.0 Å². The smallest absolute Gasteiger partial charge is 0.394 e. The summed E-state index contributed by atoms with van der Waals surface area (Å²) in [7, 11) is 0. The number of allylic oxidation sites excluding steroid dienone is 3. The van der Waals surface area contributed by atoms with E-state index in [-0.39, 0.29) is 12.5 Å². The molecule has 0 aromatic carbocycles. The molecular weight excluding hydrogens is 631 g/mol. The fraction of sp³-hybridized carbons (Fsp3) is 0.707. The SMILES string of the molecule is CCCCCCCCCCCCCCCC(=O)N[C@@H](CO)[C@H](O)/C=C/CCCCCCCCCC1=[N+]2C(=Cc3c(C)cc(C)n3[B-]2(F)F)C=C1. The average Bonchev–Trinajstić information content (AvgIpc) is 3.64. The van der Waals surface area contributed by atoms with Crippen LogP contribution in [-0.4, -0.2) is 56.5 Å². The first-order valence-corrected chi connectivity index (χ1v) is 20.2. The van der Waals surface area contributed by atoms with Gasteiger partial charge < -0.3 is 33.1 Å². The minimum absolute atomic E-state index is 0.106. The quantitative estimate of drug-likeness (QED) is 0.0463. The largest absolute Gasteiger partial charge is 0.737 e. The summed E-state index contributed by atoms with van der Waals surface area (Å²) in [4.78, 5) is 12.4. The maximum absolute atomic E-state index is 15.6. The van der Waals surface area contributed by atoms with Crippen molar-refractivity contribution < 1.29 is 28.1 Å². The second-order valence-electron chi connectivity index (χ2n) is 14.9. The first kappa shape index (κ1) is 41.9. The number of unbranched alkanes of at least 4 members (excludes halogenated alkanes) is 19. The van der Waals surface area contributed by atoms with Gasteiger partial charge >= 0.3 is 6.97 Å². The van der Waals surface area contributed by atoms with Crippen LogP contribution in [0, 0.1) is 13.8 Å². The molecule has 1 aromatic rings. The lowest BCUT2D eigenvalue weighted by Gasteiger charge is -2.30. The Hall–Kier alpha value is -2.52. The monoisotopic (exact) mass is 700 g/mol. The summed E-state index contributed by atoms with van der Waals surface area (Å²) >= 11 is 0. The molecule has 3 rings (SSSR count). The van der Waals surface area contributed by atoms with E-state index in [0.29, 0.717) is 35.6 Å². The van der Waals surface area contributed by atoms with Gasteiger partial charge in [-0.15, -0.1) is 0 Å². The van der Waals surface area contributed by atoms with Crippen molar-refractivity contribution in [3.63, 3.8) is 0 Å². The number of carbonyl (C=O) groups excluding carboxylic acids is 1. The van der Waals surface area contributed by atoms with E-state index in [1.54, 1.807) is 13.0 Å². The van der Waals surface area contributed by atoms with Crippen molar-refractivity contribution in [2.45, 2.75) is 181 Å². The highest BCUT2D eigenvalue weighted by atomic mass is 19.2. The summed E-state index contributed by atoms with van der Waals surface area (Å²) in [5.41, 5.74) is 3.41. The summed E-state index contributed by atoms with van der Waals surface area (Å²) in [6.45, 7) is 1.73. The number of aliphatic hydroxyl groups excluding tert-OH is 2. The third-order valence-corrected chi connectivity index (χ3v) is 10.5.